The highest BCUT2D eigenvalue weighted by molar-refractivity contribution is 7.16. The van der Waals surface area contributed by atoms with E-state index in [9.17, 15) is 10.1 Å². The number of thiophene rings is 1. The summed E-state index contributed by atoms with van der Waals surface area (Å²) in [5, 5.41) is 15.5. The van der Waals surface area contributed by atoms with Crippen LogP contribution >= 0.6 is 11.3 Å². The van der Waals surface area contributed by atoms with E-state index in [0.29, 0.717) is 54.7 Å². The second kappa shape index (κ2) is 14.2. The topological polar surface area (TPSA) is 136 Å². The van der Waals surface area contributed by atoms with E-state index in [2.05, 4.69) is 46.9 Å². The molecule has 2 fully saturated rings. The van der Waals surface area contributed by atoms with Crippen LogP contribution < -0.4 is 9.64 Å². The maximum Gasteiger partial charge on any atom is 0.410 e. The van der Waals surface area contributed by atoms with E-state index in [0.717, 1.165) is 54.1 Å². The highest BCUT2D eigenvalue weighted by Crippen LogP contribution is 2.50. The lowest BCUT2D eigenvalue weighted by Gasteiger charge is -2.36. The molecule has 14 heteroatoms. The van der Waals surface area contributed by atoms with E-state index < -0.39 is 11.0 Å². The summed E-state index contributed by atoms with van der Waals surface area (Å²) in [5.41, 5.74) is 1.62. The summed E-state index contributed by atoms with van der Waals surface area (Å²) in [6, 6.07) is 6.86. The van der Waals surface area contributed by atoms with Crippen molar-refractivity contribution in [1.82, 2.24) is 29.8 Å². The number of carbonyl (C=O) groups is 1. The predicted octanol–water partition coefficient (Wildman–Crippen LogP) is 5.85. The van der Waals surface area contributed by atoms with Gasteiger partial charge in [0.15, 0.2) is 0 Å². The Hall–Kier alpha value is -4.22. The molecule has 0 saturated carbocycles. The van der Waals surface area contributed by atoms with Gasteiger partial charge >= 0.3 is 12.1 Å². The number of likely N-dealkylation sites (N-methyl/N-ethyl adjacent to an activating group) is 1. The summed E-state index contributed by atoms with van der Waals surface area (Å²) in [5.74, 6) is 1.38. The molecule has 3 aromatic rings. The Morgan fingerprint density at radius 1 is 1.18 bits per heavy atom. The molecule has 1 amide bonds. The largest absolute Gasteiger partial charge is 0.459 e. The summed E-state index contributed by atoms with van der Waals surface area (Å²) in [6.07, 6.45) is 6.16. The number of nitriles is 1. The lowest BCUT2D eigenvalue weighted by atomic mass is 9.71. The van der Waals surface area contributed by atoms with E-state index in [1.54, 1.807) is 22.6 Å². The normalized spacial score (nSPS) is 22.0. The molecule has 6 rings (SSSR count). The second-order valence-corrected chi connectivity index (χ2v) is 16.1. The van der Waals surface area contributed by atoms with E-state index in [-0.39, 0.29) is 24.2 Å². The molecule has 2 aliphatic heterocycles. The summed E-state index contributed by atoms with van der Waals surface area (Å²) in [7, 11) is 5.95. The van der Waals surface area contributed by atoms with Crippen LogP contribution in [0.3, 0.4) is 0 Å². The zero-order chi connectivity index (χ0) is 35.8. The third kappa shape index (κ3) is 7.44. The fourth-order valence-electron chi connectivity index (χ4n) is 7.19. The van der Waals surface area contributed by atoms with Crippen LogP contribution in [0.4, 0.5) is 15.6 Å². The maximum atomic E-state index is 12.8. The minimum absolute atomic E-state index is 0.116. The van der Waals surface area contributed by atoms with Crippen LogP contribution in [0, 0.1) is 11.3 Å². The lowest BCUT2D eigenvalue weighted by Crippen LogP contribution is -2.50. The zero-order valence-corrected chi connectivity index (χ0v) is 31.3. The fourth-order valence-corrected chi connectivity index (χ4v) is 8.45. The molecule has 0 bridgehead atoms. The first kappa shape index (κ1) is 35.6. The molecule has 0 N–H and O–H groups in total. The van der Waals surface area contributed by atoms with Gasteiger partial charge in [0.2, 0.25) is 0 Å². The third-order valence-electron chi connectivity index (χ3n) is 9.79. The summed E-state index contributed by atoms with van der Waals surface area (Å²) < 4.78 is 18.2. The van der Waals surface area contributed by atoms with Gasteiger partial charge in [-0.15, -0.1) is 11.3 Å². The molecule has 1 aliphatic carbocycles. The number of aryl methyl sites for hydroxylation is 1. The van der Waals surface area contributed by atoms with Crippen molar-refractivity contribution in [2.45, 2.75) is 89.9 Å². The molecule has 2 saturated heterocycles. The highest BCUT2D eigenvalue weighted by Gasteiger charge is 2.42. The first-order valence-corrected chi connectivity index (χ1v) is 18.3. The van der Waals surface area contributed by atoms with Crippen molar-refractivity contribution in [2.24, 2.45) is 4.99 Å². The molecule has 1 unspecified atom stereocenters. The average molecular weight is 704 g/mol. The van der Waals surface area contributed by atoms with Gasteiger partial charge in [-0.2, -0.15) is 15.2 Å². The van der Waals surface area contributed by atoms with Crippen LogP contribution in [-0.2, 0) is 16.6 Å². The number of likely N-dealkylation sites (tertiary alicyclic amines) is 1. The smallest absolute Gasteiger partial charge is 0.410 e. The van der Waals surface area contributed by atoms with Gasteiger partial charge < -0.3 is 28.7 Å². The zero-order valence-electron chi connectivity index (χ0n) is 30.5. The molecular weight excluding hydrogens is 655 g/mol. The fraction of sp³-hybridized carbons (Fsp3) is 0.611. The average Bonchev–Trinajstić information content (AvgIpc) is 3.82. The Labute approximate surface area is 298 Å². The number of aliphatic imine (C=N–C) groups is 1. The quantitative estimate of drug-likeness (QED) is 0.207. The van der Waals surface area contributed by atoms with E-state index in [4.69, 9.17) is 24.0 Å². The Morgan fingerprint density at radius 3 is 2.60 bits per heavy atom. The molecule has 0 spiro atoms. The van der Waals surface area contributed by atoms with E-state index >= 15 is 0 Å². The van der Waals surface area contributed by atoms with Gasteiger partial charge in [0, 0.05) is 63.3 Å². The number of rotatable bonds is 8. The first-order chi connectivity index (χ1) is 23.8. The Morgan fingerprint density at radius 2 is 1.94 bits per heavy atom. The second-order valence-electron chi connectivity index (χ2n) is 15.0. The number of ether oxygens (including phenoxy) is 2. The number of amides is 1. The first-order valence-electron chi connectivity index (χ1n) is 17.5. The van der Waals surface area contributed by atoms with Gasteiger partial charge in [0.25, 0.3) is 0 Å². The number of anilines is 1. The number of piperazine rings is 1. The van der Waals surface area contributed by atoms with Crippen molar-refractivity contribution in [1.29, 1.82) is 5.26 Å². The lowest BCUT2D eigenvalue weighted by molar-refractivity contribution is 0.0240. The number of fused-ring (bicyclic) bond motifs is 1. The molecular formula is C36H49N9O4S. The Balaban J connectivity index is 1.31. The van der Waals surface area contributed by atoms with Crippen molar-refractivity contribution in [2.75, 3.05) is 58.8 Å². The van der Waals surface area contributed by atoms with Gasteiger partial charge in [0.05, 0.1) is 17.3 Å². The maximum absolute atomic E-state index is 12.8. The molecule has 13 nitrogen and oxygen atoms in total. The van der Waals surface area contributed by atoms with Crippen molar-refractivity contribution in [3.8, 4) is 23.5 Å². The Bertz CT molecular complexity index is 1770. The SMILES string of the molecule is C[C@H](Oc1nc(-c2cc(C3(C)CCCc4sc(N=CN(C)C)c(C#N)c43)on2)cc(N2CCN(C(=O)OC(C)(C)C)CC2)n1)[C@@H]1CCCN1C. The number of nitrogens with zero attached hydrogens (tertiary/aromatic N) is 9. The third-order valence-corrected chi connectivity index (χ3v) is 10.9. The van der Waals surface area contributed by atoms with Crippen molar-refractivity contribution >= 4 is 34.6 Å². The van der Waals surface area contributed by atoms with Crippen LogP contribution in [0.25, 0.3) is 11.4 Å². The van der Waals surface area contributed by atoms with Gasteiger partial charge in [0.1, 0.15) is 45.7 Å². The van der Waals surface area contributed by atoms with Crippen LogP contribution in [0.15, 0.2) is 21.6 Å². The number of carbonyl (C=O) groups excluding carboxylic acids is 1. The van der Waals surface area contributed by atoms with Crippen LogP contribution in [0.2, 0.25) is 0 Å². The van der Waals surface area contributed by atoms with Crippen LogP contribution in [-0.4, -0.2) is 114 Å². The molecule has 0 aromatic carbocycles. The molecule has 268 valence electrons. The molecule has 50 heavy (non-hydrogen) atoms. The molecule has 3 aliphatic rings. The Kier molecular flexibility index (Phi) is 10.1. The molecule has 0 radical (unpaired) electrons. The standard InChI is InChI=1S/C36H49N9O4S/c1-23(27-11-10-14-43(27)8)47-33-39-25(20-30(40-33)44-15-17-45(18-16-44)34(46)48-35(2,3)4)26-19-29(49-41-26)36(5)13-9-12-28-31(36)24(21-37)32(50-28)38-22-42(6)7/h19-20,22-23,27H,9-18H2,1-8H3/t23-,27-,36?/m0/s1. The summed E-state index contributed by atoms with van der Waals surface area (Å²) >= 11 is 1.58. The van der Waals surface area contributed by atoms with E-state index in [1.165, 1.54) is 0 Å². The summed E-state index contributed by atoms with van der Waals surface area (Å²) in [6.45, 7) is 13.0. The predicted molar refractivity (Wildman–Crippen MR) is 194 cm³/mol. The van der Waals surface area contributed by atoms with Gasteiger partial charge in [-0.1, -0.05) is 5.16 Å². The van der Waals surface area contributed by atoms with Crippen molar-refractivity contribution in [3.63, 3.8) is 0 Å². The van der Waals surface area contributed by atoms with Gasteiger partial charge in [-0.25, -0.2) is 9.79 Å². The molecule has 3 atom stereocenters. The van der Waals surface area contributed by atoms with Crippen LogP contribution in [0.1, 0.15) is 82.1 Å². The van der Waals surface area contributed by atoms with Crippen molar-refractivity contribution in [3.05, 3.63) is 33.9 Å². The summed E-state index contributed by atoms with van der Waals surface area (Å²) in [4.78, 5) is 36.3. The minimum atomic E-state index is -0.555. The molecule has 5 heterocycles. The molecule has 3 aromatic heterocycles. The van der Waals surface area contributed by atoms with Gasteiger partial charge in [-0.05, 0) is 85.9 Å². The minimum Gasteiger partial charge on any atom is -0.459 e. The monoisotopic (exact) mass is 703 g/mol. The number of aromatic nitrogens is 3. The van der Waals surface area contributed by atoms with Crippen LogP contribution in [0.5, 0.6) is 6.01 Å². The highest BCUT2D eigenvalue weighted by atomic mass is 32.1. The van der Waals surface area contributed by atoms with Gasteiger partial charge in [-0.3, -0.25) is 4.90 Å². The number of hydrogen-bond acceptors (Lipinski definition) is 12. The number of hydrogen-bond donors (Lipinski definition) is 0. The van der Waals surface area contributed by atoms with E-state index in [1.807, 2.05) is 51.9 Å². The van der Waals surface area contributed by atoms with Crippen molar-refractivity contribution < 1.29 is 18.8 Å².